The first-order chi connectivity index (χ1) is 15.3. The van der Waals surface area contributed by atoms with Crippen molar-refractivity contribution in [2.75, 3.05) is 25.7 Å². The van der Waals surface area contributed by atoms with Crippen LogP contribution in [0, 0.1) is 0 Å². The van der Waals surface area contributed by atoms with E-state index in [1.54, 1.807) is 6.92 Å². The summed E-state index contributed by atoms with van der Waals surface area (Å²) in [5.41, 5.74) is -1.05. The number of ether oxygens (including phenoxy) is 2. The molecule has 13 heteroatoms. The highest BCUT2D eigenvalue weighted by atomic mass is 35.5. The Bertz CT molecular complexity index is 1340. The third-order valence-corrected chi connectivity index (χ3v) is 5.88. The average molecular weight is 508 g/mol. The van der Waals surface area contributed by atoms with Crippen LogP contribution in [0.15, 0.2) is 35.3 Å². The molecule has 0 aliphatic rings. The largest absolute Gasteiger partial charge is 0.493 e. The van der Waals surface area contributed by atoms with Crippen LogP contribution in [0.2, 0.25) is 5.02 Å². The number of hydrogen-bond acceptors (Lipinski definition) is 6. The van der Waals surface area contributed by atoms with Crippen LogP contribution in [-0.4, -0.2) is 54.4 Å². The van der Waals surface area contributed by atoms with Crippen molar-refractivity contribution in [3.05, 3.63) is 51.5 Å². The number of methoxy groups -OCH3 is 1. The van der Waals surface area contributed by atoms with E-state index in [-0.39, 0.29) is 22.8 Å². The van der Waals surface area contributed by atoms with Gasteiger partial charge in [0, 0.05) is 12.5 Å². The molecule has 0 aliphatic heterocycles. The van der Waals surface area contributed by atoms with Crippen LogP contribution in [0.4, 0.5) is 13.2 Å². The molecule has 0 fully saturated rings. The molecule has 1 aromatic carbocycles. The Morgan fingerprint density at radius 2 is 1.91 bits per heavy atom. The van der Waals surface area contributed by atoms with E-state index in [4.69, 9.17) is 21.1 Å². The predicted octanol–water partition coefficient (Wildman–Crippen LogP) is 3.46. The summed E-state index contributed by atoms with van der Waals surface area (Å²) in [5, 5.41) is 0.0262. The molecule has 0 amide bonds. The Balaban J connectivity index is 2.33. The Morgan fingerprint density at radius 3 is 2.48 bits per heavy atom. The van der Waals surface area contributed by atoms with Crippen LogP contribution in [0.3, 0.4) is 0 Å². The van der Waals surface area contributed by atoms with Crippen LogP contribution in [0.5, 0.6) is 11.5 Å². The minimum Gasteiger partial charge on any atom is -0.493 e. The summed E-state index contributed by atoms with van der Waals surface area (Å²) >= 11 is 5.92. The number of alkyl halides is 3. The lowest BCUT2D eigenvalue weighted by molar-refractivity contribution is -0.140. The Kier molecular flexibility index (Phi) is 6.99. The fraction of sp³-hybridized carbons (Fsp3) is 0.400. The van der Waals surface area contributed by atoms with E-state index < -0.39 is 40.0 Å². The van der Waals surface area contributed by atoms with E-state index in [1.807, 2.05) is 0 Å². The molecule has 0 spiro atoms. The maximum atomic E-state index is 13.2. The quantitative estimate of drug-likeness (QED) is 0.463. The van der Waals surface area contributed by atoms with Crippen LogP contribution < -0.4 is 15.2 Å². The molecule has 0 saturated carbocycles. The van der Waals surface area contributed by atoms with E-state index in [9.17, 15) is 26.4 Å². The van der Waals surface area contributed by atoms with Crippen LogP contribution in [0.1, 0.15) is 18.5 Å². The molecular weight excluding hydrogens is 487 g/mol. The van der Waals surface area contributed by atoms with Gasteiger partial charge < -0.3 is 9.47 Å². The number of pyridine rings is 1. The molecule has 1 atom stereocenters. The highest BCUT2D eigenvalue weighted by molar-refractivity contribution is 7.90. The van der Waals surface area contributed by atoms with Crippen LogP contribution in [-0.2, 0) is 16.4 Å². The summed E-state index contributed by atoms with van der Waals surface area (Å²) in [6.45, 7) is 0.431. The minimum absolute atomic E-state index is 0.0262. The first-order valence-electron chi connectivity index (χ1n) is 9.66. The molecule has 3 rings (SSSR count). The lowest BCUT2D eigenvalue weighted by Crippen LogP contribution is -2.34. The summed E-state index contributed by atoms with van der Waals surface area (Å²) < 4.78 is 76.4. The van der Waals surface area contributed by atoms with Gasteiger partial charge in [-0.15, -0.1) is 0 Å². The molecular formula is C20H21ClF3N3O5S. The summed E-state index contributed by atoms with van der Waals surface area (Å²) in [6.07, 6.45) is -2.56. The van der Waals surface area contributed by atoms with Crippen molar-refractivity contribution in [3.8, 4) is 11.5 Å². The van der Waals surface area contributed by atoms with Gasteiger partial charge in [0.15, 0.2) is 17.1 Å². The normalized spacial score (nSPS) is 13.3. The number of sulfone groups is 1. The van der Waals surface area contributed by atoms with E-state index in [0.717, 1.165) is 10.8 Å². The van der Waals surface area contributed by atoms with Gasteiger partial charge in [0.25, 0.3) is 0 Å². The third-order valence-electron chi connectivity index (χ3n) is 4.75. The van der Waals surface area contributed by atoms with E-state index >= 15 is 0 Å². The minimum atomic E-state index is -4.71. The standard InChI is InChI=1S/C20H21ClF3N3O5S/c1-4-32-17-7-12(5-6-16(17)31-2)15(10-33(3,29)30)27-18-14(8-13(21)9-25-18)26(19(27)28)11-20(22,23)24/h5-9,15H,4,10-11H2,1-3H3/t15-/m1/s1. The van der Waals surface area contributed by atoms with E-state index in [2.05, 4.69) is 4.98 Å². The first kappa shape index (κ1) is 24.9. The number of halogens is 4. The van der Waals surface area contributed by atoms with E-state index in [1.165, 1.54) is 37.6 Å². The molecule has 0 aliphatic carbocycles. The van der Waals surface area contributed by atoms with Gasteiger partial charge in [0.05, 0.1) is 36.1 Å². The fourth-order valence-corrected chi connectivity index (χ4v) is 4.58. The van der Waals surface area contributed by atoms with Gasteiger partial charge in [-0.3, -0.25) is 9.13 Å². The SMILES string of the molecule is CCOc1cc([C@@H](CS(C)(=O)=O)n2c(=O)n(CC(F)(F)F)c3cc(Cl)cnc32)ccc1OC. The molecule has 2 aromatic heterocycles. The van der Waals surface area contributed by atoms with Gasteiger partial charge in [-0.2, -0.15) is 13.2 Å². The molecule has 180 valence electrons. The van der Waals surface area contributed by atoms with Crippen molar-refractivity contribution < 1.29 is 31.1 Å². The molecule has 8 nitrogen and oxygen atoms in total. The highest BCUT2D eigenvalue weighted by Gasteiger charge is 2.33. The number of hydrogen-bond donors (Lipinski definition) is 0. The molecule has 2 heterocycles. The molecule has 0 radical (unpaired) electrons. The van der Waals surface area contributed by atoms with Crippen molar-refractivity contribution in [1.29, 1.82) is 0 Å². The van der Waals surface area contributed by atoms with Crippen molar-refractivity contribution >= 4 is 32.6 Å². The molecule has 0 N–H and O–H groups in total. The Hall–Kier alpha value is -2.73. The van der Waals surface area contributed by atoms with Crippen LogP contribution >= 0.6 is 11.6 Å². The van der Waals surface area contributed by atoms with Gasteiger partial charge >= 0.3 is 11.9 Å². The zero-order valence-electron chi connectivity index (χ0n) is 17.9. The van der Waals surface area contributed by atoms with Gasteiger partial charge in [0.1, 0.15) is 16.4 Å². The van der Waals surface area contributed by atoms with Crippen molar-refractivity contribution in [2.45, 2.75) is 25.7 Å². The first-order valence-corrected chi connectivity index (χ1v) is 12.1. The molecule has 33 heavy (non-hydrogen) atoms. The molecule has 0 bridgehead atoms. The molecule has 0 saturated heterocycles. The van der Waals surface area contributed by atoms with Gasteiger partial charge in [-0.05, 0) is 30.7 Å². The number of aromatic nitrogens is 3. The number of nitrogens with zero attached hydrogens (tertiary/aromatic N) is 3. The summed E-state index contributed by atoms with van der Waals surface area (Å²) in [4.78, 5) is 17.3. The maximum absolute atomic E-state index is 13.2. The number of imidazole rings is 1. The summed E-state index contributed by atoms with van der Waals surface area (Å²) in [7, 11) is -2.27. The van der Waals surface area contributed by atoms with Crippen LogP contribution in [0.25, 0.3) is 11.2 Å². The lowest BCUT2D eigenvalue weighted by atomic mass is 10.1. The number of benzene rings is 1. The second-order valence-corrected chi connectivity index (χ2v) is 9.92. The number of fused-ring (bicyclic) bond motifs is 1. The summed E-state index contributed by atoms with van der Waals surface area (Å²) in [6, 6.07) is 4.54. The lowest BCUT2D eigenvalue weighted by Gasteiger charge is -2.20. The zero-order valence-corrected chi connectivity index (χ0v) is 19.5. The topological polar surface area (TPSA) is 92.4 Å². The van der Waals surface area contributed by atoms with Crippen molar-refractivity contribution in [1.82, 2.24) is 14.1 Å². The monoisotopic (exact) mass is 507 g/mol. The highest BCUT2D eigenvalue weighted by Crippen LogP contribution is 2.33. The second kappa shape index (κ2) is 9.26. The smallest absolute Gasteiger partial charge is 0.406 e. The van der Waals surface area contributed by atoms with Gasteiger partial charge in [-0.25, -0.2) is 18.2 Å². The second-order valence-electron chi connectivity index (χ2n) is 7.30. The maximum Gasteiger partial charge on any atom is 0.406 e. The van der Waals surface area contributed by atoms with Gasteiger partial charge in [0.2, 0.25) is 0 Å². The molecule has 0 unspecified atom stereocenters. The molecule has 3 aromatic rings. The predicted molar refractivity (Wildman–Crippen MR) is 117 cm³/mol. The van der Waals surface area contributed by atoms with Crippen molar-refractivity contribution in [2.24, 2.45) is 0 Å². The Morgan fingerprint density at radius 1 is 1.21 bits per heavy atom. The van der Waals surface area contributed by atoms with Gasteiger partial charge in [-0.1, -0.05) is 17.7 Å². The zero-order chi connectivity index (χ0) is 24.6. The Labute approximate surface area is 192 Å². The average Bonchev–Trinajstić information content (AvgIpc) is 2.95. The fourth-order valence-electron chi connectivity index (χ4n) is 3.52. The summed E-state index contributed by atoms with van der Waals surface area (Å²) in [5.74, 6) is 0.0924. The number of rotatable bonds is 8. The van der Waals surface area contributed by atoms with E-state index in [0.29, 0.717) is 21.6 Å². The third kappa shape index (κ3) is 5.61. The van der Waals surface area contributed by atoms with Crippen molar-refractivity contribution in [3.63, 3.8) is 0 Å².